The Balaban J connectivity index is 2.24. The molecule has 1 rings (SSSR count). The van der Waals surface area contributed by atoms with Crippen molar-refractivity contribution >= 4 is 5.78 Å². The standard InChI is InChI=1S/C12H23NO/c1-10-4-6-11(7-5-10)12(14)8-9-13(2)3/h10-11H,4-9H2,1-3H3. The van der Waals surface area contributed by atoms with E-state index in [1.807, 2.05) is 14.1 Å². The lowest BCUT2D eigenvalue weighted by molar-refractivity contribution is -0.124. The Morgan fingerprint density at radius 2 is 1.79 bits per heavy atom. The zero-order valence-electron chi connectivity index (χ0n) is 9.75. The van der Waals surface area contributed by atoms with Crippen molar-refractivity contribution < 1.29 is 4.79 Å². The van der Waals surface area contributed by atoms with Gasteiger partial charge in [0.15, 0.2) is 0 Å². The Morgan fingerprint density at radius 3 is 2.29 bits per heavy atom. The molecule has 82 valence electrons. The van der Waals surface area contributed by atoms with Crippen LogP contribution in [0.5, 0.6) is 0 Å². The van der Waals surface area contributed by atoms with Crippen LogP contribution in [-0.4, -0.2) is 31.3 Å². The van der Waals surface area contributed by atoms with E-state index in [2.05, 4.69) is 11.8 Å². The van der Waals surface area contributed by atoms with E-state index in [1.54, 1.807) is 0 Å². The van der Waals surface area contributed by atoms with Crippen LogP contribution < -0.4 is 0 Å². The normalized spacial score (nSPS) is 28.0. The molecular formula is C12H23NO. The van der Waals surface area contributed by atoms with E-state index in [1.165, 1.54) is 12.8 Å². The minimum Gasteiger partial charge on any atom is -0.309 e. The zero-order valence-corrected chi connectivity index (χ0v) is 9.75. The van der Waals surface area contributed by atoms with Crippen LogP contribution in [0.1, 0.15) is 39.0 Å². The number of carbonyl (C=O) groups excluding carboxylic acids is 1. The van der Waals surface area contributed by atoms with Gasteiger partial charge in [0.05, 0.1) is 0 Å². The average molecular weight is 197 g/mol. The Hall–Kier alpha value is -0.370. The quantitative estimate of drug-likeness (QED) is 0.689. The first kappa shape index (κ1) is 11.7. The van der Waals surface area contributed by atoms with E-state index in [-0.39, 0.29) is 0 Å². The van der Waals surface area contributed by atoms with Crippen molar-refractivity contribution in [1.82, 2.24) is 4.90 Å². The maximum absolute atomic E-state index is 11.8. The van der Waals surface area contributed by atoms with Gasteiger partial charge in [-0.1, -0.05) is 19.8 Å². The van der Waals surface area contributed by atoms with Gasteiger partial charge < -0.3 is 4.90 Å². The van der Waals surface area contributed by atoms with E-state index < -0.39 is 0 Å². The number of hydrogen-bond acceptors (Lipinski definition) is 2. The van der Waals surface area contributed by atoms with Gasteiger partial charge >= 0.3 is 0 Å². The van der Waals surface area contributed by atoms with Gasteiger partial charge in [0, 0.05) is 18.9 Å². The van der Waals surface area contributed by atoms with Crippen LogP contribution in [0.2, 0.25) is 0 Å². The highest BCUT2D eigenvalue weighted by molar-refractivity contribution is 5.81. The van der Waals surface area contributed by atoms with Crippen molar-refractivity contribution in [2.24, 2.45) is 11.8 Å². The average Bonchev–Trinajstić information content (AvgIpc) is 2.15. The lowest BCUT2D eigenvalue weighted by Crippen LogP contribution is -2.24. The number of rotatable bonds is 4. The molecule has 0 amide bonds. The monoisotopic (exact) mass is 197 g/mol. The third kappa shape index (κ3) is 3.79. The Kier molecular flexibility index (Phi) is 4.59. The molecule has 2 heteroatoms. The van der Waals surface area contributed by atoms with Gasteiger partial charge in [0.1, 0.15) is 5.78 Å². The van der Waals surface area contributed by atoms with E-state index in [0.717, 1.165) is 31.7 Å². The second kappa shape index (κ2) is 5.50. The van der Waals surface area contributed by atoms with E-state index in [4.69, 9.17) is 0 Å². The van der Waals surface area contributed by atoms with Crippen LogP contribution in [-0.2, 0) is 4.79 Å². The molecule has 0 heterocycles. The summed E-state index contributed by atoms with van der Waals surface area (Å²) in [7, 11) is 4.05. The molecule has 0 atom stereocenters. The summed E-state index contributed by atoms with van der Waals surface area (Å²) in [6.45, 7) is 3.20. The summed E-state index contributed by atoms with van der Waals surface area (Å²) in [4.78, 5) is 13.9. The molecule has 2 nitrogen and oxygen atoms in total. The largest absolute Gasteiger partial charge is 0.309 e. The van der Waals surface area contributed by atoms with Gasteiger partial charge in [-0.15, -0.1) is 0 Å². The minimum absolute atomic E-state index is 0.381. The maximum Gasteiger partial charge on any atom is 0.137 e. The topological polar surface area (TPSA) is 20.3 Å². The maximum atomic E-state index is 11.8. The Morgan fingerprint density at radius 1 is 1.21 bits per heavy atom. The summed E-state index contributed by atoms with van der Waals surface area (Å²) in [6, 6.07) is 0. The smallest absolute Gasteiger partial charge is 0.137 e. The van der Waals surface area contributed by atoms with Gasteiger partial charge in [-0.05, 0) is 32.9 Å². The number of ketones is 1. The van der Waals surface area contributed by atoms with E-state index in [9.17, 15) is 4.79 Å². The molecule has 0 aliphatic heterocycles. The molecule has 1 aliphatic carbocycles. The summed E-state index contributed by atoms with van der Waals surface area (Å²) in [6.07, 6.45) is 5.50. The summed E-state index contributed by atoms with van der Waals surface area (Å²) in [5.41, 5.74) is 0. The molecular weight excluding hydrogens is 174 g/mol. The van der Waals surface area contributed by atoms with Crippen molar-refractivity contribution in [3.05, 3.63) is 0 Å². The molecule has 0 aromatic rings. The van der Waals surface area contributed by atoms with E-state index >= 15 is 0 Å². The fraction of sp³-hybridized carbons (Fsp3) is 0.917. The molecule has 0 bridgehead atoms. The van der Waals surface area contributed by atoms with Crippen LogP contribution in [0.4, 0.5) is 0 Å². The molecule has 0 saturated heterocycles. The molecule has 0 aromatic heterocycles. The summed E-state index contributed by atoms with van der Waals surface area (Å²) in [5, 5.41) is 0. The van der Waals surface area contributed by atoms with Gasteiger partial charge in [0.25, 0.3) is 0 Å². The number of Topliss-reactive ketones (excluding diaryl/α,β-unsaturated/α-hetero) is 1. The molecule has 14 heavy (non-hydrogen) atoms. The van der Waals surface area contributed by atoms with Crippen LogP contribution >= 0.6 is 0 Å². The number of hydrogen-bond donors (Lipinski definition) is 0. The van der Waals surface area contributed by atoms with Crippen LogP contribution in [0.3, 0.4) is 0 Å². The van der Waals surface area contributed by atoms with Gasteiger partial charge in [-0.3, -0.25) is 4.79 Å². The lowest BCUT2D eigenvalue weighted by Gasteiger charge is -2.25. The molecule has 0 unspecified atom stereocenters. The predicted octanol–water partition coefficient (Wildman–Crippen LogP) is 2.33. The molecule has 1 saturated carbocycles. The van der Waals surface area contributed by atoms with Crippen molar-refractivity contribution in [2.75, 3.05) is 20.6 Å². The third-order valence-electron chi connectivity index (χ3n) is 3.28. The first-order valence-electron chi connectivity index (χ1n) is 5.77. The van der Waals surface area contributed by atoms with Crippen molar-refractivity contribution in [3.8, 4) is 0 Å². The first-order valence-corrected chi connectivity index (χ1v) is 5.77. The van der Waals surface area contributed by atoms with Crippen molar-refractivity contribution in [2.45, 2.75) is 39.0 Å². The first-order chi connectivity index (χ1) is 6.59. The van der Waals surface area contributed by atoms with Crippen LogP contribution in [0, 0.1) is 11.8 Å². The molecule has 1 fully saturated rings. The summed E-state index contributed by atoms with van der Waals surface area (Å²) >= 11 is 0. The molecule has 0 aromatic carbocycles. The molecule has 0 spiro atoms. The van der Waals surface area contributed by atoms with Gasteiger partial charge in [-0.2, -0.15) is 0 Å². The number of nitrogens with zero attached hydrogens (tertiary/aromatic N) is 1. The Labute approximate surface area is 87.7 Å². The van der Waals surface area contributed by atoms with E-state index in [0.29, 0.717) is 11.7 Å². The fourth-order valence-corrected chi connectivity index (χ4v) is 2.12. The number of carbonyl (C=O) groups is 1. The second-order valence-corrected chi connectivity index (χ2v) is 4.98. The van der Waals surface area contributed by atoms with Crippen molar-refractivity contribution in [1.29, 1.82) is 0 Å². The third-order valence-corrected chi connectivity index (χ3v) is 3.28. The van der Waals surface area contributed by atoms with Gasteiger partial charge in [-0.25, -0.2) is 0 Å². The molecule has 1 aliphatic rings. The van der Waals surface area contributed by atoms with Crippen LogP contribution in [0.25, 0.3) is 0 Å². The van der Waals surface area contributed by atoms with Crippen molar-refractivity contribution in [3.63, 3.8) is 0 Å². The predicted molar refractivity (Wildman–Crippen MR) is 59.3 cm³/mol. The molecule has 0 N–H and O–H groups in total. The van der Waals surface area contributed by atoms with Gasteiger partial charge in [0.2, 0.25) is 0 Å². The summed E-state index contributed by atoms with van der Waals surface area (Å²) in [5.74, 6) is 1.71. The highest BCUT2D eigenvalue weighted by atomic mass is 16.1. The Bertz CT molecular complexity index is 181. The zero-order chi connectivity index (χ0) is 10.6. The molecule has 0 radical (unpaired) electrons. The van der Waals surface area contributed by atoms with Crippen LogP contribution in [0.15, 0.2) is 0 Å². The SMILES string of the molecule is CC1CCC(C(=O)CCN(C)C)CC1. The lowest BCUT2D eigenvalue weighted by atomic mass is 9.80. The summed E-state index contributed by atoms with van der Waals surface area (Å²) < 4.78 is 0. The minimum atomic E-state index is 0.381. The second-order valence-electron chi connectivity index (χ2n) is 4.98. The highest BCUT2D eigenvalue weighted by Crippen LogP contribution is 2.29. The fourth-order valence-electron chi connectivity index (χ4n) is 2.12. The highest BCUT2D eigenvalue weighted by Gasteiger charge is 2.23.